The standard InChI is InChI=1S/C21H19F4N3O2/c22-15-4-6-16(7-5-15)26-8-10-27(11-9-26)18-13-19(29)28(20(18)30)17-3-1-2-14(12-17)21(23,24)25/h1-7,12,18H,8-11,13H2/t18-/m1/s1. The van der Waals surface area contributed by atoms with Crippen LogP contribution in [0.25, 0.3) is 0 Å². The molecule has 0 radical (unpaired) electrons. The summed E-state index contributed by atoms with van der Waals surface area (Å²) in [6.07, 6.45) is -4.62. The van der Waals surface area contributed by atoms with E-state index in [1.165, 1.54) is 24.3 Å². The van der Waals surface area contributed by atoms with Crippen LogP contribution >= 0.6 is 0 Å². The third kappa shape index (κ3) is 3.89. The Kier molecular flexibility index (Phi) is 5.23. The van der Waals surface area contributed by atoms with Crippen LogP contribution in [0.3, 0.4) is 0 Å². The van der Waals surface area contributed by atoms with Gasteiger partial charge in [-0.25, -0.2) is 9.29 Å². The molecule has 2 aromatic rings. The second-order valence-corrected chi connectivity index (χ2v) is 7.33. The number of piperazine rings is 1. The monoisotopic (exact) mass is 421 g/mol. The van der Waals surface area contributed by atoms with E-state index >= 15 is 0 Å². The smallest absolute Gasteiger partial charge is 0.369 e. The van der Waals surface area contributed by atoms with Crippen LogP contribution < -0.4 is 9.80 Å². The van der Waals surface area contributed by atoms with Crippen LogP contribution in [-0.4, -0.2) is 48.9 Å². The van der Waals surface area contributed by atoms with Gasteiger partial charge in [0.05, 0.1) is 23.7 Å². The molecule has 2 aliphatic rings. The van der Waals surface area contributed by atoms with Crippen molar-refractivity contribution in [2.24, 2.45) is 0 Å². The molecule has 2 saturated heterocycles. The molecule has 2 fully saturated rings. The number of imide groups is 1. The Morgan fingerprint density at radius 1 is 0.867 bits per heavy atom. The Morgan fingerprint density at radius 3 is 2.17 bits per heavy atom. The minimum Gasteiger partial charge on any atom is -0.369 e. The second kappa shape index (κ2) is 7.71. The molecule has 9 heteroatoms. The number of benzene rings is 2. The van der Waals surface area contributed by atoms with Crippen LogP contribution in [-0.2, 0) is 15.8 Å². The molecule has 0 bridgehead atoms. The summed E-state index contributed by atoms with van der Waals surface area (Å²) in [5, 5.41) is 0. The van der Waals surface area contributed by atoms with Crippen molar-refractivity contribution in [2.45, 2.75) is 18.6 Å². The molecule has 4 rings (SSSR count). The van der Waals surface area contributed by atoms with Crippen LogP contribution in [0.4, 0.5) is 28.9 Å². The van der Waals surface area contributed by atoms with E-state index in [0.717, 1.165) is 22.7 Å². The maximum Gasteiger partial charge on any atom is 0.416 e. The van der Waals surface area contributed by atoms with Crippen LogP contribution in [0.2, 0.25) is 0 Å². The van der Waals surface area contributed by atoms with Crippen molar-refractivity contribution < 1.29 is 27.2 Å². The highest BCUT2D eigenvalue weighted by atomic mass is 19.4. The molecule has 2 amide bonds. The largest absolute Gasteiger partial charge is 0.416 e. The molecule has 1 atom stereocenters. The van der Waals surface area contributed by atoms with E-state index in [1.807, 2.05) is 4.90 Å². The van der Waals surface area contributed by atoms with Gasteiger partial charge in [0.2, 0.25) is 5.91 Å². The lowest BCUT2D eigenvalue weighted by atomic mass is 10.1. The van der Waals surface area contributed by atoms with E-state index in [-0.39, 0.29) is 17.9 Å². The lowest BCUT2D eigenvalue weighted by Crippen LogP contribution is -2.52. The van der Waals surface area contributed by atoms with E-state index in [9.17, 15) is 27.2 Å². The van der Waals surface area contributed by atoms with Crippen molar-refractivity contribution in [2.75, 3.05) is 36.0 Å². The zero-order valence-corrected chi connectivity index (χ0v) is 15.9. The predicted octanol–water partition coefficient (Wildman–Crippen LogP) is 3.30. The van der Waals surface area contributed by atoms with Gasteiger partial charge in [0.25, 0.3) is 5.91 Å². The summed E-state index contributed by atoms with van der Waals surface area (Å²) in [5.74, 6) is -1.33. The van der Waals surface area contributed by atoms with E-state index < -0.39 is 29.6 Å². The Balaban J connectivity index is 1.45. The molecular weight excluding hydrogens is 402 g/mol. The second-order valence-electron chi connectivity index (χ2n) is 7.33. The fourth-order valence-electron chi connectivity index (χ4n) is 3.94. The van der Waals surface area contributed by atoms with Gasteiger partial charge in [-0.2, -0.15) is 13.2 Å². The number of carbonyl (C=O) groups is 2. The molecule has 30 heavy (non-hydrogen) atoms. The number of amides is 2. The fourth-order valence-corrected chi connectivity index (χ4v) is 3.94. The van der Waals surface area contributed by atoms with Gasteiger partial charge in [-0.3, -0.25) is 14.5 Å². The van der Waals surface area contributed by atoms with Gasteiger partial charge in [0.1, 0.15) is 5.82 Å². The zero-order chi connectivity index (χ0) is 21.5. The molecular formula is C21H19F4N3O2. The lowest BCUT2D eigenvalue weighted by molar-refractivity contribution is -0.137. The molecule has 2 aliphatic heterocycles. The quantitative estimate of drug-likeness (QED) is 0.564. The molecule has 2 heterocycles. The normalized spacial score (nSPS) is 20.9. The first-order valence-corrected chi connectivity index (χ1v) is 9.52. The summed E-state index contributed by atoms with van der Waals surface area (Å²) in [4.78, 5) is 30.2. The Hall–Kier alpha value is -2.94. The van der Waals surface area contributed by atoms with Crippen molar-refractivity contribution in [3.05, 3.63) is 59.9 Å². The fraction of sp³-hybridized carbons (Fsp3) is 0.333. The molecule has 0 N–H and O–H groups in total. The van der Waals surface area contributed by atoms with Gasteiger partial charge in [-0.15, -0.1) is 0 Å². The van der Waals surface area contributed by atoms with Crippen LogP contribution in [0.15, 0.2) is 48.5 Å². The molecule has 158 valence electrons. The average Bonchev–Trinajstić information content (AvgIpc) is 3.02. The van der Waals surface area contributed by atoms with E-state index in [1.54, 1.807) is 12.1 Å². The molecule has 0 unspecified atom stereocenters. The highest BCUT2D eigenvalue weighted by molar-refractivity contribution is 6.22. The number of hydrogen-bond donors (Lipinski definition) is 0. The first kappa shape index (κ1) is 20.3. The topological polar surface area (TPSA) is 43.9 Å². The van der Waals surface area contributed by atoms with Crippen molar-refractivity contribution in [1.29, 1.82) is 0 Å². The maximum absolute atomic E-state index is 13.1. The van der Waals surface area contributed by atoms with Crippen molar-refractivity contribution in [3.8, 4) is 0 Å². The first-order valence-electron chi connectivity index (χ1n) is 9.52. The number of alkyl halides is 3. The van der Waals surface area contributed by atoms with E-state index in [2.05, 4.69) is 4.90 Å². The Morgan fingerprint density at radius 2 is 1.53 bits per heavy atom. The molecule has 5 nitrogen and oxygen atoms in total. The van der Waals surface area contributed by atoms with Gasteiger partial charge >= 0.3 is 6.18 Å². The van der Waals surface area contributed by atoms with E-state index in [4.69, 9.17) is 0 Å². The van der Waals surface area contributed by atoms with Gasteiger partial charge in [0.15, 0.2) is 0 Å². The van der Waals surface area contributed by atoms with Crippen LogP contribution in [0.5, 0.6) is 0 Å². The van der Waals surface area contributed by atoms with Gasteiger partial charge < -0.3 is 4.90 Å². The Labute approximate surface area is 170 Å². The van der Waals surface area contributed by atoms with Crippen molar-refractivity contribution >= 4 is 23.2 Å². The molecule has 0 aromatic heterocycles. The third-order valence-electron chi connectivity index (χ3n) is 5.50. The molecule has 0 saturated carbocycles. The summed E-state index contributed by atoms with van der Waals surface area (Å²) < 4.78 is 52.1. The number of hydrogen-bond acceptors (Lipinski definition) is 4. The first-order chi connectivity index (χ1) is 14.2. The maximum atomic E-state index is 13.1. The van der Waals surface area contributed by atoms with Crippen LogP contribution in [0, 0.1) is 5.82 Å². The molecule has 2 aromatic carbocycles. The Bertz CT molecular complexity index is 953. The van der Waals surface area contributed by atoms with E-state index in [0.29, 0.717) is 26.2 Å². The van der Waals surface area contributed by atoms with Crippen molar-refractivity contribution in [1.82, 2.24) is 4.90 Å². The summed E-state index contributed by atoms with van der Waals surface area (Å²) >= 11 is 0. The number of anilines is 2. The molecule has 0 spiro atoms. The summed E-state index contributed by atoms with van der Waals surface area (Å²) in [5.41, 5.74) is -0.0975. The van der Waals surface area contributed by atoms with Crippen LogP contribution in [0.1, 0.15) is 12.0 Å². The minimum absolute atomic E-state index is 0.0627. The summed E-state index contributed by atoms with van der Waals surface area (Å²) in [7, 11) is 0. The number of rotatable bonds is 3. The minimum atomic E-state index is -4.56. The third-order valence-corrected chi connectivity index (χ3v) is 5.50. The zero-order valence-electron chi connectivity index (χ0n) is 15.9. The lowest BCUT2D eigenvalue weighted by Gasteiger charge is -2.38. The molecule has 0 aliphatic carbocycles. The van der Waals surface area contributed by atoms with Crippen molar-refractivity contribution in [3.63, 3.8) is 0 Å². The number of carbonyl (C=O) groups excluding carboxylic acids is 2. The summed E-state index contributed by atoms with van der Waals surface area (Å²) in [6.45, 7) is 2.20. The number of halogens is 4. The SMILES string of the molecule is O=C1C[C@@H](N2CCN(c3ccc(F)cc3)CC2)C(=O)N1c1cccc(C(F)(F)F)c1. The van der Waals surface area contributed by atoms with Gasteiger partial charge in [-0.1, -0.05) is 6.07 Å². The summed E-state index contributed by atoms with van der Waals surface area (Å²) in [6, 6.07) is 9.69. The van der Waals surface area contributed by atoms with Gasteiger partial charge in [0, 0.05) is 31.9 Å². The highest BCUT2D eigenvalue weighted by Crippen LogP contribution is 2.34. The number of nitrogens with zero attached hydrogens (tertiary/aromatic N) is 3. The predicted molar refractivity (Wildman–Crippen MR) is 103 cm³/mol. The average molecular weight is 421 g/mol. The highest BCUT2D eigenvalue weighted by Gasteiger charge is 2.44. The van der Waals surface area contributed by atoms with Gasteiger partial charge in [-0.05, 0) is 42.5 Å².